The van der Waals surface area contributed by atoms with E-state index in [1.54, 1.807) is 0 Å². The second kappa shape index (κ2) is 7.20. The molecular weight excluding hydrogens is 282 g/mol. The van der Waals surface area contributed by atoms with Crippen molar-refractivity contribution in [3.8, 4) is 0 Å². The Kier molecular flexibility index (Phi) is 5.52. The fourth-order valence-corrected chi connectivity index (χ4v) is 5.43. The number of thioether (sulfide) groups is 1. The number of hydrogen-bond donors (Lipinski definition) is 2. The van der Waals surface area contributed by atoms with Crippen LogP contribution in [0.4, 0.5) is 0 Å². The van der Waals surface area contributed by atoms with Crippen LogP contribution in [0, 0.1) is 0 Å². The summed E-state index contributed by atoms with van der Waals surface area (Å²) >= 11 is 2.06. The molecule has 122 valence electrons. The van der Waals surface area contributed by atoms with E-state index in [1.807, 2.05) is 0 Å². The van der Waals surface area contributed by atoms with Crippen molar-refractivity contribution in [2.24, 2.45) is 0 Å². The summed E-state index contributed by atoms with van der Waals surface area (Å²) in [5, 5.41) is 14.5. The minimum Gasteiger partial charge on any atom is -0.389 e. The van der Waals surface area contributed by atoms with Gasteiger partial charge in [0.15, 0.2) is 0 Å². The lowest BCUT2D eigenvalue weighted by atomic mass is 9.85. The Morgan fingerprint density at radius 2 is 1.76 bits per heavy atom. The molecule has 4 heteroatoms. The summed E-state index contributed by atoms with van der Waals surface area (Å²) in [6, 6.07) is 0.536. The van der Waals surface area contributed by atoms with Crippen molar-refractivity contribution in [2.45, 2.75) is 81.5 Å². The van der Waals surface area contributed by atoms with Gasteiger partial charge in [0, 0.05) is 19.2 Å². The molecule has 1 aliphatic carbocycles. The number of nitrogens with one attached hydrogen (secondary N) is 1. The Bertz CT molecular complexity index is 317. The fraction of sp³-hybridized carbons (Fsp3) is 1.00. The second-order valence-electron chi connectivity index (χ2n) is 7.35. The summed E-state index contributed by atoms with van der Waals surface area (Å²) < 4.78 is 6.16. The molecule has 3 fully saturated rings. The maximum absolute atomic E-state index is 10.8. The van der Waals surface area contributed by atoms with E-state index in [9.17, 15) is 5.11 Å². The van der Waals surface area contributed by atoms with E-state index in [-0.39, 0.29) is 5.60 Å². The summed E-state index contributed by atoms with van der Waals surface area (Å²) in [7, 11) is 0. The Labute approximate surface area is 133 Å². The number of aliphatic hydroxyl groups is 1. The Morgan fingerprint density at radius 1 is 1.05 bits per heavy atom. The van der Waals surface area contributed by atoms with E-state index in [1.165, 1.54) is 50.0 Å². The van der Waals surface area contributed by atoms with Crippen LogP contribution in [0.3, 0.4) is 0 Å². The average molecular weight is 314 g/mol. The van der Waals surface area contributed by atoms with Gasteiger partial charge in [0.2, 0.25) is 0 Å². The van der Waals surface area contributed by atoms with Gasteiger partial charge in [0.25, 0.3) is 0 Å². The molecule has 1 atom stereocenters. The predicted octanol–water partition coefficient (Wildman–Crippen LogP) is 3.11. The van der Waals surface area contributed by atoms with Gasteiger partial charge in [-0.1, -0.05) is 25.7 Å². The summed E-state index contributed by atoms with van der Waals surface area (Å²) in [6.45, 7) is 1.67. The minimum absolute atomic E-state index is 0.146. The number of hydrogen-bond acceptors (Lipinski definition) is 4. The summed E-state index contributed by atoms with van der Waals surface area (Å²) in [4.78, 5) is 0. The molecule has 2 saturated heterocycles. The lowest BCUT2D eigenvalue weighted by Crippen LogP contribution is -2.52. The molecule has 2 aliphatic heterocycles. The van der Waals surface area contributed by atoms with Crippen LogP contribution in [0.2, 0.25) is 0 Å². The number of ether oxygens (including phenoxy) is 1. The third-order valence-electron chi connectivity index (χ3n) is 5.65. The first-order valence-electron chi connectivity index (χ1n) is 8.87. The highest BCUT2D eigenvalue weighted by Crippen LogP contribution is 2.37. The number of rotatable bonds is 3. The van der Waals surface area contributed by atoms with Crippen molar-refractivity contribution in [1.82, 2.24) is 5.32 Å². The van der Waals surface area contributed by atoms with Crippen molar-refractivity contribution in [3.05, 3.63) is 0 Å². The van der Waals surface area contributed by atoms with Crippen LogP contribution in [0.25, 0.3) is 0 Å². The average Bonchev–Trinajstić information content (AvgIpc) is 2.72. The molecule has 0 radical (unpaired) electrons. The van der Waals surface area contributed by atoms with Crippen LogP contribution in [0.15, 0.2) is 0 Å². The molecular formula is C17H31NO2S. The first kappa shape index (κ1) is 16.1. The molecule has 1 saturated carbocycles. The van der Waals surface area contributed by atoms with E-state index in [0.29, 0.717) is 6.04 Å². The zero-order valence-corrected chi connectivity index (χ0v) is 14.1. The molecule has 3 nitrogen and oxygen atoms in total. The zero-order valence-electron chi connectivity index (χ0n) is 13.2. The van der Waals surface area contributed by atoms with Crippen LogP contribution >= 0.6 is 11.8 Å². The van der Waals surface area contributed by atoms with E-state index in [2.05, 4.69) is 17.1 Å². The highest BCUT2D eigenvalue weighted by Gasteiger charge is 2.39. The van der Waals surface area contributed by atoms with E-state index >= 15 is 0 Å². The molecule has 0 aromatic rings. The predicted molar refractivity (Wildman–Crippen MR) is 88.9 cm³/mol. The molecule has 3 rings (SSSR count). The SMILES string of the molecule is OC1(CNC2CCOC3(CCSCC3)C2)CCCCCC1. The molecule has 3 aliphatic rings. The van der Waals surface area contributed by atoms with Crippen molar-refractivity contribution in [2.75, 3.05) is 24.7 Å². The van der Waals surface area contributed by atoms with Crippen LogP contribution in [-0.2, 0) is 4.74 Å². The third-order valence-corrected chi connectivity index (χ3v) is 6.64. The van der Waals surface area contributed by atoms with Gasteiger partial charge in [0.1, 0.15) is 0 Å². The smallest absolute Gasteiger partial charge is 0.0771 e. The fourth-order valence-electron chi connectivity index (χ4n) is 4.19. The topological polar surface area (TPSA) is 41.5 Å². The van der Waals surface area contributed by atoms with Crippen molar-refractivity contribution >= 4 is 11.8 Å². The minimum atomic E-state index is -0.454. The van der Waals surface area contributed by atoms with Crippen molar-refractivity contribution in [3.63, 3.8) is 0 Å². The van der Waals surface area contributed by atoms with Gasteiger partial charge >= 0.3 is 0 Å². The lowest BCUT2D eigenvalue weighted by molar-refractivity contribution is -0.0956. The molecule has 21 heavy (non-hydrogen) atoms. The van der Waals surface area contributed by atoms with Crippen LogP contribution < -0.4 is 5.32 Å². The first-order chi connectivity index (χ1) is 10.2. The van der Waals surface area contributed by atoms with Gasteiger partial charge < -0.3 is 15.2 Å². The normalized spacial score (nSPS) is 32.7. The highest BCUT2D eigenvalue weighted by atomic mass is 32.2. The maximum Gasteiger partial charge on any atom is 0.0771 e. The third kappa shape index (κ3) is 4.37. The van der Waals surface area contributed by atoms with Gasteiger partial charge in [-0.25, -0.2) is 0 Å². The van der Waals surface area contributed by atoms with Crippen molar-refractivity contribution < 1.29 is 9.84 Å². The Morgan fingerprint density at radius 3 is 2.48 bits per heavy atom. The summed E-state index contributed by atoms with van der Waals surface area (Å²) in [5.74, 6) is 2.49. The van der Waals surface area contributed by atoms with E-state index < -0.39 is 5.60 Å². The Balaban J connectivity index is 1.50. The first-order valence-corrected chi connectivity index (χ1v) is 10.0. The quantitative estimate of drug-likeness (QED) is 0.786. The van der Waals surface area contributed by atoms with E-state index in [4.69, 9.17) is 4.74 Å². The molecule has 0 amide bonds. The van der Waals surface area contributed by atoms with Crippen LogP contribution in [-0.4, -0.2) is 47.0 Å². The van der Waals surface area contributed by atoms with Crippen LogP contribution in [0.1, 0.15) is 64.2 Å². The maximum atomic E-state index is 10.8. The monoisotopic (exact) mass is 313 g/mol. The second-order valence-corrected chi connectivity index (χ2v) is 8.58. The standard InChI is InChI=1S/C17H31NO2S/c19-16(6-3-1-2-4-7-16)14-18-15-5-10-20-17(13-15)8-11-21-12-9-17/h15,18-19H,1-14H2. The van der Waals surface area contributed by atoms with Crippen molar-refractivity contribution in [1.29, 1.82) is 0 Å². The summed E-state index contributed by atoms with van der Waals surface area (Å²) in [6.07, 6.45) is 11.6. The molecule has 1 spiro atoms. The molecule has 1 unspecified atom stereocenters. The van der Waals surface area contributed by atoms with E-state index in [0.717, 1.165) is 38.8 Å². The molecule has 0 aromatic carbocycles. The molecule has 0 aromatic heterocycles. The van der Waals surface area contributed by atoms with Crippen LogP contribution in [0.5, 0.6) is 0 Å². The molecule has 2 heterocycles. The lowest BCUT2D eigenvalue weighted by Gasteiger charge is -2.44. The highest BCUT2D eigenvalue weighted by molar-refractivity contribution is 7.99. The zero-order chi connectivity index (χ0) is 14.6. The van der Waals surface area contributed by atoms with Gasteiger partial charge in [0.05, 0.1) is 11.2 Å². The summed E-state index contributed by atoms with van der Waals surface area (Å²) in [5.41, 5.74) is -0.308. The van der Waals surface area contributed by atoms with Gasteiger partial charge in [-0.05, 0) is 50.0 Å². The Hall–Kier alpha value is 0.230. The molecule has 2 N–H and O–H groups in total. The van der Waals surface area contributed by atoms with Gasteiger partial charge in [-0.15, -0.1) is 0 Å². The van der Waals surface area contributed by atoms with Gasteiger partial charge in [-0.3, -0.25) is 0 Å². The molecule has 0 bridgehead atoms. The largest absolute Gasteiger partial charge is 0.389 e. The van der Waals surface area contributed by atoms with Gasteiger partial charge in [-0.2, -0.15) is 11.8 Å².